The molecule has 0 aliphatic heterocycles. The molecule has 162 valence electrons. The lowest BCUT2D eigenvalue weighted by atomic mass is 10.2. The molecule has 33 heavy (non-hydrogen) atoms. The fourth-order valence-electron chi connectivity index (χ4n) is 3.77. The number of aromatic nitrogens is 7. The molecular weight excluding hydrogens is 427 g/mol. The maximum absolute atomic E-state index is 14.7. The minimum absolute atomic E-state index is 0.120. The van der Waals surface area contributed by atoms with Crippen LogP contribution in [0.1, 0.15) is 5.56 Å². The highest BCUT2D eigenvalue weighted by Crippen LogP contribution is 2.28. The molecule has 0 spiro atoms. The molecule has 5 aromatic heterocycles. The molecule has 0 bridgehead atoms. The molecule has 6 rings (SSSR count). The second-order valence-corrected chi connectivity index (χ2v) is 7.43. The van der Waals surface area contributed by atoms with Gasteiger partial charge in [0.2, 0.25) is 0 Å². The van der Waals surface area contributed by atoms with Crippen LogP contribution >= 0.6 is 0 Å². The smallest absolute Gasteiger partial charge is 0.297 e. The van der Waals surface area contributed by atoms with Crippen molar-refractivity contribution in [2.45, 2.75) is 6.54 Å². The number of hydrogen-bond donors (Lipinski definition) is 1. The third-order valence-corrected chi connectivity index (χ3v) is 5.31. The van der Waals surface area contributed by atoms with Crippen molar-refractivity contribution in [1.29, 1.82) is 0 Å². The summed E-state index contributed by atoms with van der Waals surface area (Å²) in [6, 6.07) is 12.6. The number of benzene rings is 1. The predicted molar refractivity (Wildman–Crippen MR) is 117 cm³/mol. The lowest BCUT2D eigenvalue weighted by Crippen LogP contribution is -2.11. The van der Waals surface area contributed by atoms with E-state index in [4.69, 9.17) is 10.3 Å². The van der Waals surface area contributed by atoms with Crippen molar-refractivity contribution in [3.8, 4) is 16.9 Å². The first-order valence-electron chi connectivity index (χ1n) is 9.95. The van der Waals surface area contributed by atoms with Gasteiger partial charge >= 0.3 is 0 Å². The molecule has 0 aliphatic rings. The largest absolute Gasteiger partial charge is 0.382 e. The van der Waals surface area contributed by atoms with Crippen molar-refractivity contribution in [2.75, 3.05) is 5.73 Å². The Morgan fingerprint density at radius 1 is 1.06 bits per heavy atom. The quantitative estimate of drug-likeness (QED) is 0.445. The SMILES string of the molecule is Nc1ncnn2c(-c3cnc4on(-c5cnn(Cc6ccccc6)c5)c(=O)c4c3)c(F)cc12. The Bertz CT molecular complexity index is 1700. The molecule has 1 aromatic carbocycles. The number of anilines is 1. The second-order valence-electron chi connectivity index (χ2n) is 7.43. The Hall–Kier alpha value is -4.80. The Kier molecular flexibility index (Phi) is 4.09. The molecule has 2 N–H and O–H groups in total. The van der Waals surface area contributed by atoms with Crippen LogP contribution in [0, 0.1) is 5.82 Å². The van der Waals surface area contributed by atoms with Crippen molar-refractivity contribution < 1.29 is 8.91 Å². The molecule has 0 atom stereocenters. The number of nitrogens with zero attached hydrogens (tertiary/aromatic N) is 7. The molecule has 0 amide bonds. The van der Waals surface area contributed by atoms with Crippen LogP contribution in [0.3, 0.4) is 0 Å². The third-order valence-electron chi connectivity index (χ3n) is 5.31. The van der Waals surface area contributed by atoms with E-state index in [0.29, 0.717) is 23.3 Å². The first-order chi connectivity index (χ1) is 16.1. The number of halogens is 1. The van der Waals surface area contributed by atoms with Gasteiger partial charge in [-0.3, -0.25) is 9.48 Å². The Labute approximate surface area is 184 Å². The van der Waals surface area contributed by atoms with Crippen molar-refractivity contribution in [1.82, 2.24) is 34.1 Å². The van der Waals surface area contributed by atoms with E-state index in [9.17, 15) is 9.18 Å². The molecule has 0 radical (unpaired) electrons. The zero-order valence-corrected chi connectivity index (χ0v) is 17.0. The van der Waals surface area contributed by atoms with Gasteiger partial charge in [-0.25, -0.2) is 18.9 Å². The van der Waals surface area contributed by atoms with Crippen LogP contribution in [0.5, 0.6) is 0 Å². The maximum atomic E-state index is 14.7. The highest BCUT2D eigenvalue weighted by molar-refractivity contribution is 5.81. The highest BCUT2D eigenvalue weighted by atomic mass is 19.1. The molecule has 0 fully saturated rings. The average Bonchev–Trinajstić information content (AvgIpc) is 3.50. The Balaban J connectivity index is 1.42. The van der Waals surface area contributed by atoms with E-state index < -0.39 is 11.4 Å². The molecule has 6 aromatic rings. The topological polar surface area (TPSA) is 122 Å². The zero-order chi connectivity index (χ0) is 22.5. The molecule has 10 nitrogen and oxygen atoms in total. The minimum atomic E-state index is -0.561. The molecule has 11 heteroatoms. The van der Waals surface area contributed by atoms with E-state index in [2.05, 4.69) is 20.2 Å². The number of nitrogens with two attached hydrogens (primary N) is 1. The van der Waals surface area contributed by atoms with Gasteiger partial charge in [0.1, 0.15) is 28.6 Å². The minimum Gasteiger partial charge on any atom is -0.382 e. The van der Waals surface area contributed by atoms with Gasteiger partial charge in [-0.15, -0.1) is 4.74 Å². The second kappa shape index (κ2) is 7.12. The normalized spacial score (nSPS) is 11.5. The first kappa shape index (κ1) is 18.9. The zero-order valence-electron chi connectivity index (χ0n) is 17.0. The van der Waals surface area contributed by atoms with Crippen LogP contribution in [0.4, 0.5) is 10.2 Å². The van der Waals surface area contributed by atoms with E-state index >= 15 is 0 Å². The van der Waals surface area contributed by atoms with E-state index in [0.717, 1.165) is 10.3 Å². The van der Waals surface area contributed by atoms with Crippen LogP contribution in [-0.2, 0) is 6.54 Å². The van der Waals surface area contributed by atoms with Gasteiger partial charge in [0.25, 0.3) is 11.3 Å². The van der Waals surface area contributed by atoms with Crippen LogP contribution in [0.15, 0.2) is 76.7 Å². The fraction of sp³-hybridized carbons (Fsp3) is 0.0455. The van der Waals surface area contributed by atoms with E-state index in [-0.39, 0.29) is 22.6 Å². The molecule has 0 unspecified atom stereocenters. The number of pyridine rings is 1. The van der Waals surface area contributed by atoms with Crippen LogP contribution in [0.2, 0.25) is 0 Å². The highest BCUT2D eigenvalue weighted by Gasteiger charge is 2.19. The third kappa shape index (κ3) is 3.05. The Morgan fingerprint density at radius 2 is 1.91 bits per heavy atom. The molecule has 0 saturated heterocycles. The van der Waals surface area contributed by atoms with Gasteiger partial charge in [0.05, 0.1) is 18.9 Å². The number of rotatable bonds is 4. The van der Waals surface area contributed by atoms with Gasteiger partial charge in [0.15, 0.2) is 11.6 Å². The van der Waals surface area contributed by atoms with Gasteiger partial charge in [-0.2, -0.15) is 10.2 Å². The summed E-state index contributed by atoms with van der Waals surface area (Å²) in [5, 5.41) is 8.57. The van der Waals surface area contributed by atoms with Crippen molar-refractivity contribution in [2.24, 2.45) is 0 Å². The van der Waals surface area contributed by atoms with E-state index in [1.54, 1.807) is 10.9 Å². The monoisotopic (exact) mass is 442 g/mol. The summed E-state index contributed by atoms with van der Waals surface area (Å²) in [6.45, 7) is 0.545. The van der Waals surface area contributed by atoms with E-state index in [1.807, 2.05) is 30.3 Å². The van der Waals surface area contributed by atoms with E-state index in [1.165, 1.54) is 35.4 Å². The molecule has 0 aliphatic carbocycles. The lowest BCUT2D eigenvalue weighted by Gasteiger charge is -2.02. The standard InChI is InChI=1S/C22H15FN8O2/c23-17-7-18-20(24)26-12-28-30(18)19(17)14-6-16-21(25-8-14)33-31(22(16)32)15-9-27-29(11-15)10-13-4-2-1-3-5-13/h1-9,11-12H,10H2,(H2,24,26,28). The summed E-state index contributed by atoms with van der Waals surface area (Å²) in [5.74, 6) is -0.420. The summed E-state index contributed by atoms with van der Waals surface area (Å²) in [5.41, 5.74) is 7.82. The molecule has 0 saturated carbocycles. The number of hydrogen-bond acceptors (Lipinski definition) is 7. The first-order valence-corrected chi connectivity index (χ1v) is 9.95. The fourth-order valence-corrected chi connectivity index (χ4v) is 3.77. The summed E-state index contributed by atoms with van der Waals surface area (Å²) in [7, 11) is 0. The van der Waals surface area contributed by atoms with Crippen LogP contribution in [0.25, 0.3) is 33.6 Å². The molecular formula is C22H15FN8O2. The summed E-state index contributed by atoms with van der Waals surface area (Å²) in [6.07, 6.45) is 5.89. The predicted octanol–water partition coefficient (Wildman–Crippen LogP) is 2.65. The number of nitrogen functional groups attached to an aromatic ring is 1. The lowest BCUT2D eigenvalue weighted by molar-refractivity contribution is 0.362. The summed E-state index contributed by atoms with van der Waals surface area (Å²) < 4.78 is 24.5. The summed E-state index contributed by atoms with van der Waals surface area (Å²) in [4.78, 5) is 21.2. The van der Waals surface area contributed by atoms with Gasteiger partial charge in [-0.05, 0) is 11.6 Å². The van der Waals surface area contributed by atoms with Gasteiger partial charge in [0, 0.05) is 17.8 Å². The Morgan fingerprint density at radius 3 is 2.76 bits per heavy atom. The van der Waals surface area contributed by atoms with Crippen molar-refractivity contribution >= 4 is 22.4 Å². The van der Waals surface area contributed by atoms with Crippen LogP contribution < -0.4 is 11.3 Å². The van der Waals surface area contributed by atoms with Crippen molar-refractivity contribution in [3.05, 3.63) is 89.1 Å². The number of fused-ring (bicyclic) bond motifs is 2. The van der Waals surface area contributed by atoms with Gasteiger partial charge < -0.3 is 10.3 Å². The van der Waals surface area contributed by atoms with Crippen molar-refractivity contribution in [3.63, 3.8) is 0 Å². The van der Waals surface area contributed by atoms with Gasteiger partial charge in [-0.1, -0.05) is 30.3 Å². The summed E-state index contributed by atoms with van der Waals surface area (Å²) >= 11 is 0. The van der Waals surface area contributed by atoms with Crippen LogP contribution in [-0.4, -0.2) is 34.1 Å². The maximum Gasteiger partial charge on any atom is 0.297 e. The average molecular weight is 442 g/mol. The molecule has 5 heterocycles.